The molecular formula is C8H12N4O5. The van der Waals surface area contributed by atoms with Crippen LogP contribution in [0.3, 0.4) is 0 Å². The van der Waals surface area contributed by atoms with Gasteiger partial charge in [-0.25, -0.2) is 9.67 Å². The lowest BCUT2D eigenvalue weighted by atomic mass is 10.1. The fourth-order valence-electron chi connectivity index (χ4n) is 1.69. The third kappa shape index (κ3) is 1.89. The molecule has 1 aromatic rings. The van der Waals surface area contributed by atoms with Crippen molar-refractivity contribution < 1.29 is 24.9 Å². The molecule has 1 aliphatic heterocycles. The van der Waals surface area contributed by atoms with Gasteiger partial charge in [0.2, 0.25) is 5.82 Å². The Balaban J connectivity index is 2.29. The number of hydrogen-bond donors (Lipinski definition) is 4. The van der Waals surface area contributed by atoms with Crippen LogP contribution < -0.4 is 5.73 Å². The van der Waals surface area contributed by atoms with E-state index in [1.54, 1.807) is 0 Å². The minimum absolute atomic E-state index is 0.195. The molecule has 2 heterocycles. The first kappa shape index (κ1) is 11.9. The van der Waals surface area contributed by atoms with Gasteiger partial charge in [0.1, 0.15) is 24.6 Å². The van der Waals surface area contributed by atoms with Gasteiger partial charge in [0, 0.05) is 0 Å². The van der Waals surface area contributed by atoms with E-state index in [1.165, 1.54) is 0 Å². The lowest BCUT2D eigenvalue weighted by molar-refractivity contribution is -0.0595. The molecule has 2 rings (SSSR count). The van der Waals surface area contributed by atoms with E-state index < -0.39 is 37.1 Å². The van der Waals surface area contributed by atoms with Gasteiger partial charge in [-0.1, -0.05) is 0 Å². The zero-order valence-corrected chi connectivity index (χ0v) is 8.67. The third-order valence-electron chi connectivity index (χ3n) is 2.55. The van der Waals surface area contributed by atoms with E-state index in [9.17, 15) is 15.0 Å². The predicted molar refractivity (Wildman–Crippen MR) is 51.5 cm³/mol. The molecule has 0 aliphatic carbocycles. The molecular weight excluding hydrogens is 232 g/mol. The van der Waals surface area contributed by atoms with Crippen LogP contribution in [-0.4, -0.2) is 60.9 Å². The number of aliphatic hydroxyl groups is 3. The molecule has 5 N–H and O–H groups in total. The molecule has 1 fully saturated rings. The molecule has 1 aromatic heterocycles. The average molecular weight is 244 g/mol. The number of aromatic nitrogens is 3. The second-order valence-corrected chi connectivity index (χ2v) is 3.62. The highest BCUT2D eigenvalue weighted by Gasteiger charge is 2.44. The van der Waals surface area contributed by atoms with Crippen LogP contribution >= 0.6 is 0 Å². The molecule has 0 spiro atoms. The highest BCUT2D eigenvalue weighted by Crippen LogP contribution is 2.29. The van der Waals surface area contributed by atoms with Gasteiger partial charge in [-0.2, -0.15) is 5.10 Å². The number of nitrogens with two attached hydrogens (primary N) is 1. The van der Waals surface area contributed by atoms with Gasteiger partial charge in [-0.05, 0) is 0 Å². The number of ether oxygens (including phenoxy) is 1. The molecule has 0 aromatic carbocycles. The van der Waals surface area contributed by atoms with Crippen molar-refractivity contribution in [1.29, 1.82) is 0 Å². The second-order valence-electron chi connectivity index (χ2n) is 3.62. The molecule has 4 atom stereocenters. The van der Waals surface area contributed by atoms with E-state index in [0.29, 0.717) is 0 Å². The monoisotopic (exact) mass is 244 g/mol. The molecule has 1 amide bonds. The molecule has 1 saturated heterocycles. The van der Waals surface area contributed by atoms with Crippen molar-refractivity contribution in [2.75, 3.05) is 6.61 Å². The number of carbonyl (C=O) groups excluding carboxylic acids is 1. The van der Waals surface area contributed by atoms with Gasteiger partial charge in [0.15, 0.2) is 6.23 Å². The van der Waals surface area contributed by atoms with Gasteiger partial charge in [0.25, 0.3) is 5.91 Å². The van der Waals surface area contributed by atoms with E-state index in [4.69, 9.17) is 15.6 Å². The first-order chi connectivity index (χ1) is 8.06. The van der Waals surface area contributed by atoms with Crippen LogP contribution in [0, 0.1) is 0 Å². The van der Waals surface area contributed by atoms with Crippen molar-refractivity contribution in [3.8, 4) is 0 Å². The molecule has 94 valence electrons. The van der Waals surface area contributed by atoms with Crippen LogP contribution in [0.25, 0.3) is 0 Å². The van der Waals surface area contributed by atoms with Crippen molar-refractivity contribution in [3.05, 3.63) is 12.2 Å². The minimum Gasteiger partial charge on any atom is -0.394 e. The maximum atomic E-state index is 11.0. The molecule has 0 saturated carbocycles. The maximum Gasteiger partial charge on any atom is 0.286 e. The lowest BCUT2D eigenvalue weighted by Crippen LogP contribution is -2.34. The zero-order valence-electron chi connectivity index (χ0n) is 8.67. The quantitative estimate of drug-likeness (QED) is 0.443. The first-order valence-corrected chi connectivity index (χ1v) is 4.88. The van der Waals surface area contributed by atoms with E-state index in [0.717, 1.165) is 11.0 Å². The summed E-state index contributed by atoms with van der Waals surface area (Å²) in [6, 6.07) is 0. The second kappa shape index (κ2) is 4.37. The summed E-state index contributed by atoms with van der Waals surface area (Å²) in [5.74, 6) is -1.03. The normalized spacial score (nSPS) is 32.9. The van der Waals surface area contributed by atoms with Crippen LogP contribution in [0.4, 0.5) is 0 Å². The smallest absolute Gasteiger partial charge is 0.286 e. The summed E-state index contributed by atoms with van der Waals surface area (Å²) in [6.45, 7) is -0.463. The Kier molecular flexibility index (Phi) is 3.07. The number of rotatable bonds is 3. The fraction of sp³-hybridized carbons (Fsp3) is 0.625. The Morgan fingerprint density at radius 1 is 1.53 bits per heavy atom. The third-order valence-corrected chi connectivity index (χ3v) is 2.55. The molecule has 17 heavy (non-hydrogen) atoms. The number of carbonyl (C=O) groups is 1. The largest absolute Gasteiger partial charge is 0.394 e. The van der Waals surface area contributed by atoms with E-state index in [-0.39, 0.29) is 5.82 Å². The number of hydrogen-bond acceptors (Lipinski definition) is 7. The van der Waals surface area contributed by atoms with Crippen LogP contribution in [0.15, 0.2) is 6.33 Å². The van der Waals surface area contributed by atoms with Gasteiger partial charge in [-0.3, -0.25) is 4.79 Å². The topological polar surface area (TPSA) is 144 Å². The zero-order chi connectivity index (χ0) is 12.6. The van der Waals surface area contributed by atoms with Gasteiger partial charge in [-0.15, -0.1) is 0 Å². The molecule has 9 heteroatoms. The average Bonchev–Trinajstić information content (AvgIpc) is 2.86. The van der Waals surface area contributed by atoms with Crippen LogP contribution in [0.5, 0.6) is 0 Å². The maximum absolute atomic E-state index is 11.0. The Morgan fingerprint density at radius 2 is 2.24 bits per heavy atom. The van der Waals surface area contributed by atoms with Gasteiger partial charge < -0.3 is 25.8 Å². The SMILES string of the molecule is NC(=O)c1ncnn1[C@@H]1O[C@H](CO)[C@H](O)[C@H]1O. The van der Waals surface area contributed by atoms with Gasteiger partial charge in [0.05, 0.1) is 6.61 Å². The predicted octanol–water partition coefficient (Wildman–Crippen LogP) is -3.01. The summed E-state index contributed by atoms with van der Waals surface area (Å²) in [5.41, 5.74) is 5.06. The van der Waals surface area contributed by atoms with Crippen molar-refractivity contribution in [3.63, 3.8) is 0 Å². The molecule has 9 nitrogen and oxygen atoms in total. The Labute approximate surface area is 95.4 Å². The summed E-state index contributed by atoms with van der Waals surface area (Å²) < 4.78 is 6.15. The summed E-state index contributed by atoms with van der Waals surface area (Å²) >= 11 is 0. The van der Waals surface area contributed by atoms with Crippen molar-refractivity contribution >= 4 is 5.91 Å². The Bertz CT molecular complexity index is 422. The summed E-state index contributed by atoms with van der Waals surface area (Å²) in [7, 11) is 0. The van der Waals surface area contributed by atoms with E-state index >= 15 is 0 Å². The van der Waals surface area contributed by atoms with Crippen LogP contribution in [0.2, 0.25) is 0 Å². The highest BCUT2D eigenvalue weighted by atomic mass is 16.6. The fourth-order valence-corrected chi connectivity index (χ4v) is 1.69. The van der Waals surface area contributed by atoms with E-state index in [1.807, 2.05) is 0 Å². The Hall–Kier alpha value is -1.55. The molecule has 0 radical (unpaired) electrons. The summed E-state index contributed by atoms with van der Waals surface area (Å²) in [4.78, 5) is 14.6. The molecule has 0 bridgehead atoms. The van der Waals surface area contributed by atoms with Crippen molar-refractivity contribution in [2.45, 2.75) is 24.5 Å². The highest BCUT2D eigenvalue weighted by molar-refractivity contribution is 5.88. The lowest BCUT2D eigenvalue weighted by Gasteiger charge is -2.15. The number of aliphatic hydroxyl groups excluding tert-OH is 3. The number of amides is 1. The summed E-state index contributed by atoms with van der Waals surface area (Å²) in [5, 5.41) is 31.9. The van der Waals surface area contributed by atoms with E-state index in [2.05, 4.69) is 10.1 Å². The Morgan fingerprint density at radius 3 is 2.76 bits per heavy atom. The minimum atomic E-state index is -1.33. The van der Waals surface area contributed by atoms with Gasteiger partial charge >= 0.3 is 0 Å². The van der Waals surface area contributed by atoms with Crippen molar-refractivity contribution in [1.82, 2.24) is 14.8 Å². The van der Waals surface area contributed by atoms with Crippen LogP contribution in [0.1, 0.15) is 16.8 Å². The standard InChI is InChI=1S/C8H12N4O5/c9-6(16)7-10-2-11-12(7)8-5(15)4(14)3(1-13)17-8/h2-5,8,13-15H,1H2,(H2,9,16)/t3-,4+,5-,8-/m1/s1. The number of primary amides is 1. The van der Waals surface area contributed by atoms with Crippen LogP contribution in [-0.2, 0) is 4.74 Å². The molecule has 0 unspecified atom stereocenters. The van der Waals surface area contributed by atoms with Crippen molar-refractivity contribution in [2.24, 2.45) is 5.73 Å². The number of nitrogens with zero attached hydrogens (tertiary/aromatic N) is 3. The first-order valence-electron chi connectivity index (χ1n) is 4.88. The molecule has 1 aliphatic rings. The summed E-state index contributed by atoms with van der Waals surface area (Å²) in [6.07, 6.45) is -3.57.